The highest BCUT2D eigenvalue weighted by Crippen LogP contribution is 2.38. The van der Waals surface area contributed by atoms with Crippen LogP contribution in [0.2, 0.25) is 0 Å². The number of hydrogen-bond donors (Lipinski definition) is 0. The van der Waals surface area contributed by atoms with Crippen LogP contribution in [0.3, 0.4) is 0 Å². The first-order valence-corrected chi connectivity index (χ1v) is 10.6. The second-order valence-electron chi connectivity index (χ2n) is 7.64. The maximum atomic E-state index is 4.67. The number of allylic oxidation sites excluding steroid dienone is 5. The van der Waals surface area contributed by atoms with Crippen molar-refractivity contribution in [2.24, 2.45) is 0 Å². The maximum Gasteiger partial charge on any atom is 0.0714 e. The summed E-state index contributed by atoms with van der Waals surface area (Å²) in [5.74, 6) is 0.192. The molecule has 4 aromatic rings. The van der Waals surface area contributed by atoms with E-state index in [0.29, 0.717) is 0 Å². The summed E-state index contributed by atoms with van der Waals surface area (Å²) in [5.41, 5.74) is 8.40. The topological polar surface area (TPSA) is 12.9 Å². The summed E-state index contributed by atoms with van der Waals surface area (Å²) < 4.78 is 0. The van der Waals surface area contributed by atoms with Crippen molar-refractivity contribution >= 4 is 5.57 Å². The summed E-state index contributed by atoms with van der Waals surface area (Å²) in [5, 5.41) is 0. The van der Waals surface area contributed by atoms with Crippen LogP contribution in [0.5, 0.6) is 0 Å². The molecule has 1 heteroatoms. The van der Waals surface area contributed by atoms with Crippen LogP contribution >= 0.6 is 0 Å². The van der Waals surface area contributed by atoms with Crippen LogP contribution in [-0.4, -0.2) is 4.98 Å². The lowest BCUT2D eigenvalue weighted by molar-refractivity contribution is 0.981. The fourth-order valence-corrected chi connectivity index (χ4v) is 4.24. The van der Waals surface area contributed by atoms with Gasteiger partial charge in [0.25, 0.3) is 0 Å². The molecule has 148 valence electrons. The van der Waals surface area contributed by atoms with E-state index in [1.54, 1.807) is 0 Å². The predicted octanol–water partition coefficient (Wildman–Crippen LogP) is 7.21. The van der Waals surface area contributed by atoms with E-state index in [-0.39, 0.29) is 5.92 Å². The molecule has 0 spiro atoms. The third-order valence-corrected chi connectivity index (χ3v) is 5.65. The minimum Gasteiger partial charge on any atom is -0.256 e. The SMILES string of the molecule is C1=CC(=C(c2ccccc2)c2ccccn2)C=C1C(c1ccccc1)c1ccccc1. The molecule has 0 saturated heterocycles. The molecule has 3 aromatic carbocycles. The molecule has 0 atom stereocenters. The van der Waals surface area contributed by atoms with E-state index in [9.17, 15) is 0 Å². The third-order valence-electron chi connectivity index (χ3n) is 5.65. The number of pyridine rings is 1. The lowest BCUT2D eigenvalue weighted by Crippen LogP contribution is -2.02. The van der Waals surface area contributed by atoms with Gasteiger partial charge in [0.1, 0.15) is 0 Å². The summed E-state index contributed by atoms with van der Waals surface area (Å²) in [7, 11) is 0. The first-order chi connectivity index (χ1) is 15.4. The first kappa shape index (κ1) is 19.0. The molecule has 1 heterocycles. The van der Waals surface area contributed by atoms with Gasteiger partial charge in [-0.3, -0.25) is 4.98 Å². The molecule has 0 saturated carbocycles. The first-order valence-electron chi connectivity index (χ1n) is 10.6. The number of benzene rings is 3. The summed E-state index contributed by atoms with van der Waals surface area (Å²) in [4.78, 5) is 4.67. The molecule has 0 fully saturated rings. The van der Waals surface area contributed by atoms with Crippen LogP contribution in [0.25, 0.3) is 5.57 Å². The average molecular weight is 398 g/mol. The molecule has 0 unspecified atom stereocenters. The molecule has 31 heavy (non-hydrogen) atoms. The molecular weight excluding hydrogens is 374 g/mol. The predicted molar refractivity (Wildman–Crippen MR) is 129 cm³/mol. The summed E-state index contributed by atoms with van der Waals surface area (Å²) in [6.45, 7) is 0. The van der Waals surface area contributed by atoms with Gasteiger partial charge >= 0.3 is 0 Å². The van der Waals surface area contributed by atoms with Crippen molar-refractivity contribution < 1.29 is 0 Å². The Bertz CT molecular complexity index is 1150. The molecule has 0 radical (unpaired) electrons. The van der Waals surface area contributed by atoms with E-state index in [4.69, 9.17) is 0 Å². The molecule has 0 bridgehead atoms. The fourth-order valence-electron chi connectivity index (χ4n) is 4.24. The van der Waals surface area contributed by atoms with Crippen molar-refractivity contribution in [1.29, 1.82) is 0 Å². The van der Waals surface area contributed by atoms with Gasteiger partial charge in [0.2, 0.25) is 0 Å². The van der Waals surface area contributed by atoms with Crippen LogP contribution in [0, 0.1) is 0 Å². The molecular formula is C30H23N. The van der Waals surface area contributed by atoms with Crippen molar-refractivity contribution in [1.82, 2.24) is 4.98 Å². The quantitative estimate of drug-likeness (QED) is 0.347. The van der Waals surface area contributed by atoms with Crippen LogP contribution < -0.4 is 0 Å². The molecule has 1 nitrogen and oxygen atoms in total. The molecule has 0 aliphatic heterocycles. The lowest BCUT2D eigenvalue weighted by atomic mass is 9.85. The van der Waals surface area contributed by atoms with E-state index in [2.05, 4.69) is 120 Å². The molecule has 5 rings (SSSR count). The van der Waals surface area contributed by atoms with E-state index in [1.165, 1.54) is 27.8 Å². The molecule has 0 N–H and O–H groups in total. The Balaban J connectivity index is 1.66. The molecule has 1 aliphatic rings. The molecule has 0 amide bonds. The van der Waals surface area contributed by atoms with Gasteiger partial charge < -0.3 is 0 Å². The van der Waals surface area contributed by atoms with E-state index < -0.39 is 0 Å². The zero-order valence-electron chi connectivity index (χ0n) is 17.2. The standard InChI is InChI=1S/C30H23N/c1-4-12-23(13-5-1)29(24-14-6-2-7-15-24)26-19-20-27(22-26)30(25-16-8-3-9-17-25)28-18-10-11-21-31-28/h1-22,29H. The normalized spacial score (nSPS) is 14.5. The fraction of sp³-hybridized carbons (Fsp3) is 0.0333. The van der Waals surface area contributed by atoms with Gasteiger partial charge in [-0.25, -0.2) is 0 Å². The minimum atomic E-state index is 0.192. The van der Waals surface area contributed by atoms with Gasteiger partial charge in [-0.1, -0.05) is 115 Å². The number of hydrogen-bond acceptors (Lipinski definition) is 1. The zero-order chi connectivity index (χ0) is 20.9. The van der Waals surface area contributed by atoms with Gasteiger partial charge in [0.15, 0.2) is 0 Å². The van der Waals surface area contributed by atoms with Crippen LogP contribution in [0.1, 0.15) is 28.3 Å². The van der Waals surface area contributed by atoms with E-state index in [0.717, 1.165) is 11.3 Å². The molecule has 1 aromatic heterocycles. The van der Waals surface area contributed by atoms with Crippen molar-refractivity contribution in [2.75, 3.05) is 0 Å². The number of rotatable bonds is 5. The van der Waals surface area contributed by atoms with Gasteiger partial charge in [-0.2, -0.15) is 0 Å². The highest BCUT2D eigenvalue weighted by molar-refractivity contribution is 5.85. The van der Waals surface area contributed by atoms with Crippen molar-refractivity contribution in [3.8, 4) is 0 Å². The van der Waals surface area contributed by atoms with Crippen molar-refractivity contribution in [3.05, 3.63) is 167 Å². The Morgan fingerprint density at radius 3 is 1.74 bits per heavy atom. The smallest absolute Gasteiger partial charge is 0.0714 e. The van der Waals surface area contributed by atoms with Gasteiger partial charge in [0.05, 0.1) is 5.69 Å². The Labute approximate surface area is 183 Å². The monoisotopic (exact) mass is 397 g/mol. The van der Waals surface area contributed by atoms with Gasteiger partial charge in [0, 0.05) is 17.7 Å². The highest BCUT2D eigenvalue weighted by atomic mass is 14.7. The van der Waals surface area contributed by atoms with Crippen molar-refractivity contribution in [2.45, 2.75) is 5.92 Å². The third kappa shape index (κ3) is 4.04. The average Bonchev–Trinajstić information content (AvgIpc) is 3.31. The second-order valence-corrected chi connectivity index (χ2v) is 7.64. The largest absolute Gasteiger partial charge is 0.256 e. The number of aromatic nitrogens is 1. The van der Waals surface area contributed by atoms with E-state index >= 15 is 0 Å². The van der Waals surface area contributed by atoms with Crippen LogP contribution in [-0.2, 0) is 0 Å². The van der Waals surface area contributed by atoms with Gasteiger partial charge in [-0.05, 0) is 40.0 Å². The Morgan fingerprint density at radius 1 is 0.581 bits per heavy atom. The Kier molecular flexibility index (Phi) is 5.40. The zero-order valence-corrected chi connectivity index (χ0v) is 17.2. The summed E-state index contributed by atoms with van der Waals surface area (Å²) in [6, 6.07) is 38.1. The lowest BCUT2D eigenvalue weighted by Gasteiger charge is -2.18. The maximum absolute atomic E-state index is 4.67. The second kappa shape index (κ2) is 8.81. The minimum absolute atomic E-state index is 0.192. The van der Waals surface area contributed by atoms with E-state index in [1.807, 2.05) is 18.3 Å². The van der Waals surface area contributed by atoms with Crippen LogP contribution in [0.15, 0.2) is 145 Å². The van der Waals surface area contributed by atoms with Crippen LogP contribution in [0.4, 0.5) is 0 Å². The van der Waals surface area contributed by atoms with Crippen molar-refractivity contribution in [3.63, 3.8) is 0 Å². The molecule has 1 aliphatic carbocycles. The summed E-state index contributed by atoms with van der Waals surface area (Å²) >= 11 is 0. The Morgan fingerprint density at radius 2 is 1.16 bits per heavy atom. The highest BCUT2D eigenvalue weighted by Gasteiger charge is 2.21. The van der Waals surface area contributed by atoms with Gasteiger partial charge in [-0.15, -0.1) is 0 Å². The number of nitrogens with zero attached hydrogens (tertiary/aromatic N) is 1. The Hall–Kier alpha value is -3.97. The summed E-state index contributed by atoms with van der Waals surface area (Å²) in [6.07, 6.45) is 8.66.